The molecule has 0 radical (unpaired) electrons. The third kappa shape index (κ3) is 25.0. The first-order valence-electron chi connectivity index (χ1n) is 18.4. The molecule has 3 amide bonds. The van der Waals surface area contributed by atoms with Gasteiger partial charge in [0, 0.05) is 34.5 Å². The molecule has 5 rings (SSSR count). The minimum absolute atomic E-state index is 0. The van der Waals surface area contributed by atoms with Crippen molar-refractivity contribution in [1.29, 1.82) is 0 Å². The van der Waals surface area contributed by atoms with Crippen molar-refractivity contribution in [1.82, 2.24) is 31.2 Å². The van der Waals surface area contributed by atoms with Gasteiger partial charge in [0.05, 0.1) is 24.5 Å². The van der Waals surface area contributed by atoms with Crippen LogP contribution in [0.2, 0.25) is 0 Å². The molecule has 1 aromatic heterocycles. The van der Waals surface area contributed by atoms with Crippen LogP contribution in [0.25, 0.3) is 11.3 Å². The highest BCUT2D eigenvalue weighted by Crippen LogP contribution is 2.34. The van der Waals surface area contributed by atoms with E-state index in [-0.39, 0.29) is 63.5 Å². The molecule has 2 atom stereocenters. The molecule has 0 unspecified atom stereocenters. The number of aromatic amines is 1. The Morgan fingerprint density at radius 2 is 1.23 bits per heavy atom. The lowest BCUT2D eigenvalue weighted by molar-refractivity contribution is -0.134. The number of likely N-dealkylation sites (tertiary alicyclic amines) is 2. The van der Waals surface area contributed by atoms with E-state index in [0.29, 0.717) is 24.5 Å². The van der Waals surface area contributed by atoms with Crippen LogP contribution < -0.4 is 11.5 Å². The van der Waals surface area contributed by atoms with Crippen LogP contribution in [0.15, 0.2) is 63.7 Å². The van der Waals surface area contributed by atoms with Gasteiger partial charge in [-0.1, -0.05) is 124 Å². The van der Waals surface area contributed by atoms with E-state index < -0.39 is 29.3 Å². The van der Waals surface area contributed by atoms with Gasteiger partial charge in [-0.3, -0.25) is 24.2 Å². The normalized spacial score (nSPS) is 15.6. The number of ketones is 1. The third-order valence-corrected chi connectivity index (χ3v) is 8.78. The second-order valence-electron chi connectivity index (χ2n) is 15.3. The van der Waals surface area contributed by atoms with E-state index in [1.165, 1.54) is 4.90 Å². The number of benzene rings is 2. The average molecular weight is 1360 g/mol. The number of nitrogens with zero attached hydrogens (tertiary/aromatic N) is 3. The lowest BCUT2D eigenvalue weighted by atomic mass is 10.1. The van der Waals surface area contributed by atoms with Gasteiger partial charge in [-0.25, -0.2) is 14.6 Å². The Labute approximate surface area is 431 Å². The van der Waals surface area contributed by atoms with Crippen LogP contribution in [0.1, 0.15) is 103 Å². The molecule has 2 fully saturated rings. The average Bonchev–Trinajstić information content (AvgIpc) is 3.87. The zero-order valence-corrected chi connectivity index (χ0v) is 47.2. The first kappa shape index (κ1) is 61.7. The maximum Gasteiger partial charge on any atom is 0.410 e. The Bertz CT molecular complexity index is 1830. The third-order valence-electron chi connectivity index (χ3n) is 7.72. The quantitative estimate of drug-likeness (QED) is 0.104. The SMILES string of the molecule is CC(=O)O.CC(C)(C)OC(=O)N1CCC[C@H]1C(=O)NCC(=O)c1ccc(Br)cc1.CC(C)(C)OC(=O)N1CCC[C@H]1c1ncc(-c2ccc(Br)cc2)[nH]1.CC(I)(I)I.N.S.S. The number of halogens is 5. The highest BCUT2D eigenvalue weighted by Gasteiger charge is 2.37. The van der Waals surface area contributed by atoms with E-state index in [2.05, 4.69) is 122 Å². The van der Waals surface area contributed by atoms with E-state index in [1.807, 2.05) is 51.2 Å². The summed E-state index contributed by atoms with van der Waals surface area (Å²) < 4.78 is 13.2. The molecule has 3 heterocycles. The molecule has 344 valence electrons. The van der Waals surface area contributed by atoms with Gasteiger partial charge in [0.1, 0.15) is 22.5 Å². The summed E-state index contributed by atoms with van der Waals surface area (Å²) in [4.78, 5) is 69.3. The summed E-state index contributed by atoms with van der Waals surface area (Å²) in [5, 5.41) is 10.1. The maximum absolute atomic E-state index is 12.4. The number of aliphatic carboxylic acids is 1. The van der Waals surface area contributed by atoms with Crippen molar-refractivity contribution in [3.63, 3.8) is 0 Å². The fraction of sp³-hybridized carbons (Fsp3) is 0.500. The summed E-state index contributed by atoms with van der Waals surface area (Å²) in [5.74, 6) is -0.521. The molecule has 0 saturated carbocycles. The Morgan fingerprint density at radius 1 is 0.803 bits per heavy atom. The number of alkyl halides is 3. The fourth-order valence-corrected chi connectivity index (χ4v) is 6.00. The van der Waals surface area contributed by atoms with Gasteiger partial charge in [0.2, 0.25) is 5.91 Å². The number of carbonyl (C=O) groups excluding carboxylic acids is 4. The molecular formula is C40H59Br2I3N6O8S2. The topological polar surface area (TPSA) is 206 Å². The number of carboxylic acids is 1. The monoisotopic (exact) mass is 1350 g/mol. The number of Topliss-reactive ketones (excluding diaryl/α,β-unsaturated/α-hetero) is 1. The van der Waals surface area contributed by atoms with Crippen LogP contribution in [-0.4, -0.2) is 91.0 Å². The second kappa shape index (κ2) is 28.5. The minimum Gasteiger partial charge on any atom is -0.481 e. The molecule has 2 aliphatic heterocycles. The molecule has 0 aliphatic carbocycles. The van der Waals surface area contributed by atoms with Gasteiger partial charge in [-0.05, 0) is 104 Å². The van der Waals surface area contributed by atoms with Crippen molar-refractivity contribution < 1.29 is 38.6 Å². The Morgan fingerprint density at radius 3 is 1.70 bits per heavy atom. The summed E-state index contributed by atoms with van der Waals surface area (Å²) in [5.41, 5.74) is 1.44. The number of ether oxygens (including phenoxy) is 2. The van der Waals surface area contributed by atoms with Crippen molar-refractivity contribution in [3.8, 4) is 11.3 Å². The number of hydrogen-bond acceptors (Lipinski definition) is 9. The van der Waals surface area contributed by atoms with Crippen molar-refractivity contribution in [3.05, 3.63) is 75.1 Å². The number of rotatable bonds is 6. The lowest BCUT2D eigenvalue weighted by Crippen LogP contribution is -2.48. The summed E-state index contributed by atoms with van der Waals surface area (Å²) in [6, 6.07) is 14.4. The highest BCUT2D eigenvalue weighted by atomic mass is 127. The van der Waals surface area contributed by atoms with E-state index in [4.69, 9.17) is 19.4 Å². The van der Waals surface area contributed by atoms with E-state index in [9.17, 15) is 19.2 Å². The molecule has 21 heteroatoms. The van der Waals surface area contributed by atoms with Crippen molar-refractivity contribution in [2.24, 2.45) is 0 Å². The molecule has 6 N–H and O–H groups in total. The van der Waals surface area contributed by atoms with Crippen LogP contribution in [0.3, 0.4) is 0 Å². The number of imidazole rings is 1. The van der Waals surface area contributed by atoms with Gasteiger partial charge >= 0.3 is 12.2 Å². The number of H-pyrrole nitrogens is 1. The predicted molar refractivity (Wildman–Crippen MR) is 284 cm³/mol. The summed E-state index contributed by atoms with van der Waals surface area (Å²) >= 11 is 13.8. The van der Waals surface area contributed by atoms with Crippen LogP contribution in [0, 0.1) is 0 Å². The fourth-order valence-electron chi connectivity index (χ4n) is 5.47. The molecule has 14 nitrogen and oxygen atoms in total. The van der Waals surface area contributed by atoms with Gasteiger partial charge in [-0.2, -0.15) is 27.0 Å². The predicted octanol–water partition coefficient (Wildman–Crippen LogP) is 11.5. The van der Waals surface area contributed by atoms with E-state index >= 15 is 0 Å². The molecule has 2 aromatic carbocycles. The lowest BCUT2D eigenvalue weighted by Gasteiger charge is -2.28. The second-order valence-corrected chi connectivity index (χ2v) is 29.8. The Hall–Kier alpha value is -1.39. The molecule has 0 bridgehead atoms. The van der Waals surface area contributed by atoms with Gasteiger partial charge in [-0.15, -0.1) is 0 Å². The van der Waals surface area contributed by atoms with Gasteiger partial charge < -0.3 is 31.0 Å². The van der Waals surface area contributed by atoms with Crippen LogP contribution >= 0.6 is 127 Å². The van der Waals surface area contributed by atoms with Gasteiger partial charge in [0.25, 0.3) is 5.97 Å². The number of aromatic nitrogens is 2. The van der Waals surface area contributed by atoms with Crippen molar-refractivity contribution >= 4 is 156 Å². The van der Waals surface area contributed by atoms with Crippen molar-refractivity contribution in [2.45, 2.75) is 104 Å². The smallest absolute Gasteiger partial charge is 0.410 e. The number of hydrogen-bond donors (Lipinski definition) is 4. The standard InChI is InChI=1S/C18H22BrN3O2.C18H23BrN2O4.C2H3I3.C2H4O2.H3N.2H2S/c1-18(2,3)24-17(23)22-10-4-5-15(22)16-20-11-14(21-16)12-6-8-13(19)9-7-12;1-18(2,3)25-17(24)21-10-4-5-14(21)16(23)20-11-15(22)12-6-8-13(19)9-7-12;1-2(3,4)5;1-2(3)4;;;/h6-9,11,15H,4-5,10H2,1-3H3,(H,20,21);6-9,14H,4-5,10-11H2,1-3H3,(H,20,23);1H3;1H3,(H,3,4);1H3;2*1H2/t15-;14-;;;;;/m00...../s1. The highest BCUT2D eigenvalue weighted by molar-refractivity contribution is 14.3. The summed E-state index contributed by atoms with van der Waals surface area (Å²) in [7, 11) is 0. The van der Waals surface area contributed by atoms with Crippen molar-refractivity contribution in [2.75, 3.05) is 19.6 Å². The minimum atomic E-state index is -0.833. The molecular weight excluding hydrogens is 1300 g/mol. The Kier molecular flexibility index (Phi) is 28.8. The zero-order chi connectivity index (χ0) is 44.0. The molecule has 3 aromatic rings. The molecule has 0 spiro atoms. The summed E-state index contributed by atoms with van der Waals surface area (Å²) in [6.45, 7) is 15.3. The van der Waals surface area contributed by atoms with E-state index in [1.54, 1.807) is 49.9 Å². The number of nitrogens with one attached hydrogen (secondary N) is 2. The van der Waals surface area contributed by atoms with Crippen LogP contribution in [0.4, 0.5) is 9.59 Å². The zero-order valence-electron chi connectivity index (χ0n) is 35.5. The number of carbonyl (C=O) groups is 5. The number of amides is 3. The molecule has 2 aliphatic rings. The van der Waals surface area contributed by atoms with Crippen LogP contribution in [0.5, 0.6) is 0 Å². The number of carboxylic acid groups (broad SMARTS) is 1. The first-order valence-corrected chi connectivity index (χ1v) is 23.2. The molecule has 2 saturated heterocycles. The van der Waals surface area contributed by atoms with Crippen LogP contribution in [-0.2, 0) is 19.1 Å². The Balaban J connectivity index is 0. The van der Waals surface area contributed by atoms with Gasteiger partial charge in [0.15, 0.2) is 5.78 Å². The summed E-state index contributed by atoms with van der Waals surface area (Å²) in [6.07, 6.45) is 4.21. The molecule has 61 heavy (non-hydrogen) atoms. The maximum atomic E-state index is 12.4. The first-order chi connectivity index (χ1) is 26.7. The largest absolute Gasteiger partial charge is 0.481 e. The van der Waals surface area contributed by atoms with E-state index in [0.717, 1.165) is 52.2 Å².